The number of aliphatic imine (C=N–C) groups is 1. The van der Waals surface area contributed by atoms with E-state index in [1.54, 1.807) is 7.05 Å². The fourth-order valence-corrected chi connectivity index (χ4v) is 2.92. The molecule has 0 amide bonds. The number of nitrogens with one attached hydrogen (secondary N) is 1. The number of esters is 1. The molecule has 0 aromatic heterocycles. The molecule has 0 aliphatic carbocycles. The van der Waals surface area contributed by atoms with E-state index >= 15 is 0 Å². The highest BCUT2D eigenvalue weighted by molar-refractivity contribution is 5.80. The molecule has 0 saturated carbocycles. The van der Waals surface area contributed by atoms with Gasteiger partial charge in [-0.2, -0.15) is 0 Å². The summed E-state index contributed by atoms with van der Waals surface area (Å²) in [5, 5.41) is 3.41. The van der Waals surface area contributed by atoms with Crippen LogP contribution in [0.5, 0.6) is 0 Å². The quantitative estimate of drug-likeness (QED) is 0.526. The number of guanidine groups is 1. The predicted molar refractivity (Wildman–Crippen MR) is 92.3 cm³/mol. The largest absolute Gasteiger partial charge is 0.466 e. The molecule has 0 bridgehead atoms. The molecule has 23 heavy (non-hydrogen) atoms. The van der Waals surface area contributed by atoms with Crippen molar-refractivity contribution >= 4 is 11.9 Å². The maximum Gasteiger partial charge on any atom is 0.309 e. The number of carbonyl (C=O) groups is 1. The van der Waals surface area contributed by atoms with E-state index in [4.69, 9.17) is 4.74 Å². The molecule has 1 aliphatic rings. The van der Waals surface area contributed by atoms with Gasteiger partial charge in [0.2, 0.25) is 0 Å². The van der Waals surface area contributed by atoms with Crippen molar-refractivity contribution < 1.29 is 9.53 Å². The van der Waals surface area contributed by atoms with Crippen LogP contribution in [0.3, 0.4) is 0 Å². The molecular weight excluding hydrogens is 290 g/mol. The summed E-state index contributed by atoms with van der Waals surface area (Å²) in [6.45, 7) is 6.82. The van der Waals surface area contributed by atoms with E-state index in [2.05, 4.69) is 46.4 Å². The third-order valence-corrected chi connectivity index (χ3v) is 4.16. The summed E-state index contributed by atoms with van der Waals surface area (Å²) in [6.07, 6.45) is 1.65. The standard InChI is InChI=1S/C18H27N3O2/c1-4-23-17(22)16-8-10-21(11-9-16)18(19-3)20-13-15-7-5-6-14(2)12-15/h5-7,12,16H,4,8-11,13H2,1-3H3,(H,19,20). The minimum atomic E-state index is -0.0603. The number of aryl methyl sites for hydroxylation is 1. The van der Waals surface area contributed by atoms with E-state index < -0.39 is 0 Å². The van der Waals surface area contributed by atoms with Gasteiger partial charge in [0.05, 0.1) is 12.5 Å². The molecule has 2 rings (SSSR count). The number of nitrogens with zero attached hydrogens (tertiary/aromatic N) is 2. The summed E-state index contributed by atoms with van der Waals surface area (Å²) in [5.41, 5.74) is 2.50. The van der Waals surface area contributed by atoms with E-state index in [9.17, 15) is 4.79 Å². The zero-order chi connectivity index (χ0) is 16.7. The van der Waals surface area contributed by atoms with Crippen LogP contribution in [-0.4, -0.2) is 43.6 Å². The minimum absolute atomic E-state index is 0.0288. The van der Waals surface area contributed by atoms with E-state index in [1.165, 1.54) is 11.1 Å². The minimum Gasteiger partial charge on any atom is -0.466 e. The van der Waals surface area contributed by atoms with E-state index in [0.717, 1.165) is 38.4 Å². The van der Waals surface area contributed by atoms with E-state index in [-0.39, 0.29) is 11.9 Å². The van der Waals surface area contributed by atoms with Crippen molar-refractivity contribution in [3.63, 3.8) is 0 Å². The molecule has 1 N–H and O–H groups in total. The maximum atomic E-state index is 11.8. The number of rotatable bonds is 4. The van der Waals surface area contributed by atoms with Crippen LogP contribution in [0.1, 0.15) is 30.9 Å². The second-order valence-electron chi connectivity index (χ2n) is 5.90. The second kappa shape index (κ2) is 8.56. The lowest BCUT2D eigenvalue weighted by atomic mass is 9.97. The molecule has 0 unspecified atom stereocenters. The van der Waals surface area contributed by atoms with Crippen molar-refractivity contribution in [1.82, 2.24) is 10.2 Å². The molecule has 0 spiro atoms. The Morgan fingerprint density at radius 1 is 1.39 bits per heavy atom. The van der Waals surface area contributed by atoms with Gasteiger partial charge in [-0.15, -0.1) is 0 Å². The van der Waals surface area contributed by atoms with Crippen LogP contribution in [0.4, 0.5) is 0 Å². The Morgan fingerprint density at radius 3 is 2.74 bits per heavy atom. The molecule has 5 nitrogen and oxygen atoms in total. The lowest BCUT2D eigenvalue weighted by molar-refractivity contribution is -0.149. The van der Waals surface area contributed by atoms with Crippen molar-refractivity contribution in [3.8, 4) is 0 Å². The van der Waals surface area contributed by atoms with Gasteiger partial charge in [0.15, 0.2) is 5.96 Å². The summed E-state index contributed by atoms with van der Waals surface area (Å²) in [6, 6.07) is 8.45. The molecule has 1 heterocycles. The zero-order valence-corrected chi connectivity index (χ0v) is 14.3. The van der Waals surface area contributed by atoms with Crippen LogP contribution in [0.2, 0.25) is 0 Å². The Labute approximate surface area is 138 Å². The molecule has 1 fully saturated rings. The monoisotopic (exact) mass is 317 g/mol. The van der Waals surface area contributed by atoms with Gasteiger partial charge < -0.3 is 15.0 Å². The Kier molecular flexibility index (Phi) is 6.44. The molecule has 0 radical (unpaired) electrons. The van der Waals surface area contributed by atoms with Gasteiger partial charge in [0.1, 0.15) is 0 Å². The topological polar surface area (TPSA) is 53.9 Å². The fraction of sp³-hybridized carbons (Fsp3) is 0.556. The SMILES string of the molecule is CCOC(=O)C1CCN(C(=NC)NCc2cccc(C)c2)CC1. The lowest BCUT2D eigenvalue weighted by Crippen LogP contribution is -2.46. The van der Waals surface area contributed by atoms with E-state index in [0.29, 0.717) is 6.61 Å². The van der Waals surface area contributed by atoms with Crippen molar-refractivity contribution in [1.29, 1.82) is 0 Å². The van der Waals surface area contributed by atoms with Gasteiger partial charge in [0.25, 0.3) is 0 Å². The molecule has 126 valence electrons. The van der Waals surface area contributed by atoms with Crippen molar-refractivity contribution in [2.75, 3.05) is 26.7 Å². The first-order valence-electron chi connectivity index (χ1n) is 8.31. The third kappa shape index (κ3) is 4.98. The summed E-state index contributed by atoms with van der Waals surface area (Å²) in [4.78, 5) is 18.4. The predicted octanol–water partition coefficient (Wildman–Crippen LogP) is 2.35. The van der Waals surface area contributed by atoms with E-state index in [1.807, 2.05) is 6.92 Å². The summed E-state index contributed by atoms with van der Waals surface area (Å²) in [7, 11) is 1.80. The molecule has 1 aromatic rings. The lowest BCUT2D eigenvalue weighted by Gasteiger charge is -2.33. The van der Waals surface area contributed by atoms with Crippen LogP contribution in [0.25, 0.3) is 0 Å². The van der Waals surface area contributed by atoms with Gasteiger partial charge in [-0.1, -0.05) is 29.8 Å². The summed E-state index contributed by atoms with van der Waals surface area (Å²) >= 11 is 0. The molecule has 1 saturated heterocycles. The van der Waals surface area contributed by atoms with Crippen LogP contribution in [0, 0.1) is 12.8 Å². The third-order valence-electron chi connectivity index (χ3n) is 4.16. The number of piperidine rings is 1. The van der Waals surface area contributed by atoms with Crippen LogP contribution in [0.15, 0.2) is 29.3 Å². The van der Waals surface area contributed by atoms with Crippen molar-refractivity contribution in [2.45, 2.75) is 33.2 Å². The molecular formula is C18H27N3O2. The van der Waals surface area contributed by atoms with Gasteiger partial charge >= 0.3 is 5.97 Å². The zero-order valence-electron chi connectivity index (χ0n) is 14.3. The van der Waals surface area contributed by atoms with Crippen LogP contribution < -0.4 is 5.32 Å². The molecule has 1 aromatic carbocycles. The second-order valence-corrected chi connectivity index (χ2v) is 5.90. The average molecular weight is 317 g/mol. The fourth-order valence-electron chi connectivity index (χ4n) is 2.92. The number of carbonyl (C=O) groups excluding carboxylic acids is 1. The number of likely N-dealkylation sites (tertiary alicyclic amines) is 1. The number of benzene rings is 1. The van der Waals surface area contributed by atoms with Crippen molar-refractivity contribution in [2.24, 2.45) is 10.9 Å². The van der Waals surface area contributed by atoms with Gasteiger partial charge in [-0.3, -0.25) is 9.79 Å². The maximum absolute atomic E-state index is 11.8. The first kappa shape index (κ1) is 17.3. The first-order valence-corrected chi connectivity index (χ1v) is 8.31. The normalized spacial score (nSPS) is 16.3. The summed E-state index contributed by atoms with van der Waals surface area (Å²) < 4.78 is 5.12. The van der Waals surface area contributed by atoms with Gasteiger partial charge in [-0.05, 0) is 32.3 Å². The van der Waals surface area contributed by atoms with Crippen LogP contribution in [-0.2, 0) is 16.1 Å². The highest BCUT2D eigenvalue weighted by Crippen LogP contribution is 2.18. The van der Waals surface area contributed by atoms with Gasteiger partial charge in [-0.25, -0.2) is 0 Å². The number of ether oxygens (including phenoxy) is 1. The number of hydrogen-bond donors (Lipinski definition) is 1. The molecule has 0 atom stereocenters. The number of hydrogen-bond acceptors (Lipinski definition) is 3. The van der Waals surface area contributed by atoms with Crippen LogP contribution >= 0.6 is 0 Å². The summed E-state index contributed by atoms with van der Waals surface area (Å²) in [5.74, 6) is 0.866. The van der Waals surface area contributed by atoms with Crippen molar-refractivity contribution in [3.05, 3.63) is 35.4 Å². The average Bonchev–Trinajstić information content (AvgIpc) is 2.56. The Balaban J connectivity index is 1.84. The first-order chi connectivity index (χ1) is 11.1. The van der Waals surface area contributed by atoms with Gasteiger partial charge in [0, 0.05) is 26.7 Å². The Morgan fingerprint density at radius 2 is 2.13 bits per heavy atom. The smallest absolute Gasteiger partial charge is 0.309 e. The Hall–Kier alpha value is -2.04. The highest BCUT2D eigenvalue weighted by atomic mass is 16.5. The highest BCUT2D eigenvalue weighted by Gasteiger charge is 2.27. The molecule has 5 heteroatoms. The Bertz CT molecular complexity index is 549. The molecule has 1 aliphatic heterocycles.